The molecule has 10 heteroatoms. The van der Waals surface area contributed by atoms with E-state index in [1.54, 1.807) is 36.5 Å². The van der Waals surface area contributed by atoms with E-state index >= 15 is 0 Å². The van der Waals surface area contributed by atoms with E-state index in [4.69, 9.17) is 4.74 Å². The highest BCUT2D eigenvalue weighted by Gasteiger charge is 2.32. The minimum absolute atomic E-state index is 0.0250. The van der Waals surface area contributed by atoms with Gasteiger partial charge in [0.1, 0.15) is 10.6 Å². The third-order valence-electron chi connectivity index (χ3n) is 5.30. The Morgan fingerprint density at radius 2 is 1.74 bits per heavy atom. The molecule has 0 spiro atoms. The topological polar surface area (TPSA) is 108 Å². The van der Waals surface area contributed by atoms with Crippen LogP contribution in [-0.4, -0.2) is 72.0 Å². The van der Waals surface area contributed by atoms with Crippen LogP contribution >= 0.6 is 0 Å². The molecule has 1 aromatic carbocycles. The van der Waals surface area contributed by atoms with E-state index in [0.717, 1.165) is 11.3 Å². The van der Waals surface area contributed by atoms with Crippen molar-refractivity contribution in [2.45, 2.75) is 11.3 Å². The van der Waals surface area contributed by atoms with Crippen LogP contribution in [0, 0.1) is 0 Å². The molecule has 1 N–H and O–H groups in total. The molecule has 162 valence electrons. The van der Waals surface area contributed by atoms with Gasteiger partial charge in [-0.15, -0.1) is 0 Å². The number of amides is 1. The molecule has 1 fully saturated rings. The second-order valence-corrected chi connectivity index (χ2v) is 9.06. The van der Waals surface area contributed by atoms with Crippen molar-refractivity contribution in [2.75, 3.05) is 33.3 Å². The molecule has 31 heavy (non-hydrogen) atoms. The number of aromatic amines is 1. The second-order valence-electron chi connectivity index (χ2n) is 7.15. The SMILES string of the molecule is COc1ccc(CC(=O)N2CCN(S(=O)(=O)c3cn[nH]c3-c3ccncc3)CC2)cc1. The molecule has 1 aliphatic rings. The zero-order chi connectivity index (χ0) is 21.8. The summed E-state index contributed by atoms with van der Waals surface area (Å²) < 4.78 is 32.9. The van der Waals surface area contributed by atoms with E-state index in [1.807, 2.05) is 24.3 Å². The summed E-state index contributed by atoms with van der Waals surface area (Å²) in [4.78, 5) is 18.4. The Labute approximate surface area is 180 Å². The highest BCUT2D eigenvalue weighted by molar-refractivity contribution is 7.89. The molecule has 0 unspecified atom stereocenters. The molecule has 0 saturated carbocycles. The average Bonchev–Trinajstić information content (AvgIpc) is 3.31. The van der Waals surface area contributed by atoms with E-state index in [2.05, 4.69) is 15.2 Å². The van der Waals surface area contributed by atoms with Gasteiger partial charge in [-0.25, -0.2) is 8.42 Å². The molecule has 0 bridgehead atoms. The molecule has 3 aromatic rings. The number of hydrogen-bond donors (Lipinski definition) is 1. The maximum absolute atomic E-state index is 13.2. The predicted octanol–water partition coefficient (Wildman–Crippen LogP) is 1.56. The van der Waals surface area contributed by atoms with Gasteiger partial charge in [-0.2, -0.15) is 9.40 Å². The zero-order valence-electron chi connectivity index (χ0n) is 17.1. The van der Waals surface area contributed by atoms with Crippen LogP contribution in [0.3, 0.4) is 0 Å². The Bertz CT molecular complexity index is 1140. The lowest BCUT2D eigenvalue weighted by atomic mass is 10.1. The molecule has 3 heterocycles. The number of carbonyl (C=O) groups excluding carboxylic acids is 1. The monoisotopic (exact) mass is 441 g/mol. The average molecular weight is 442 g/mol. The highest BCUT2D eigenvalue weighted by atomic mass is 32.2. The van der Waals surface area contributed by atoms with Crippen LogP contribution in [0.25, 0.3) is 11.3 Å². The lowest BCUT2D eigenvalue weighted by Crippen LogP contribution is -2.50. The first-order valence-corrected chi connectivity index (χ1v) is 11.3. The fourth-order valence-electron chi connectivity index (χ4n) is 3.54. The number of hydrogen-bond acceptors (Lipinski definition) is 6. The van der Waals surface area contributed by atoms with E-state index in [-0.39, 0.29) is 30.3 Å². The zero-order valence-corrected chi connectivity index (χ0v) is 17.9. The summed E-state index contributed by atoms with van der Waals surface area (Å²) >= 11 is 0. The van der Waals surface area contributed by atoms with Crippen molar-refractivity contribution < 1.29 is 17.9 Å². The first kappa shape index (κ1) is 21.0. The van der Waals surface area contributed by atoms with Crippen molar-refractivity contribution in [3.63, 3.8) is 0 Å². The number of pyridine rings is 1. The van der Waals surface area contributed by atoms with Crippen molar-refractivity contribution in [1.29, 1.82) is 0 Å². The number of piperazine rings is 1. The smallest absolute Gasteiger partial charge is 0.246 e. The number of H-pyrrole nitrogens is 1. The molecule has 0 aliphatic carbocycles. The van der Waals surface area contributed by atoms with Crippen molar-refractivity contribution in [3.05, 3.63) is 60.6 Å². The normalized spacial score (nSPS) is 15.1. The van der Waals surface area contributed by atoms with Crippen molar-refractivity contribution in [3.8, 4) is 17.0 Å². The predicted molar refractivity (Wildman–Crippen MR) is 114 cm³/mol. The van der Waals surface area contributed by atoms with Crippen molar-refractivity contribution in [2.24, 2.45) is 0 Å². The standard InChI is InChI=1S/C21H23N5O4S/c1-30-18-4-2-16(3-5-18)14-20(27)25-10-12-26(13-11-25)31(28,29)19-15-23-24-21(19)17-6-8-22-9-7-17/h2-9,15H,10-14H2,1H3,(H,23,24). The number of methoxy groups -OCH3 is 1. The Morgan fingerprint density at radius 1 is 1.06 bits per heavy atom. The fraction of sp³-hybridized carbons (Fsp3) is 0.286. The van der Waals surface area contributed by atoms with Gasteiger partial charge < -0.3 is 9.64 Å². The third-order valence-corrected chi connectivity index (χ3v) is 7.21. The van der Waals surface area contributed by atoms with Gasteiger partial charge in [-0.05, 0) is 29.8 Å². The van der Waals surface area contributed by atoms with Crippen molar-refractivity contribution >= 4 is 15.9 Å². The summed E-state index contributed by atoms with van der Waals surface area (Å²) in [7, 11) is -2.15. The van der Waals surface area contributed by atoms with Gasteiger partial charge in [-0.1, -0.05) is 12.1 Å². The van der Waals surface area contributed by atoms with E-state index in [1.165, 1.54) is 10.5 Å². The van der Waals surface area contributed by atoms with Crippen LogP contribution in [-0.2, 0) is 21.2 Å². The highest BCUT2D eigenvalue weighted by Crippen LogP contribution is 2.27. The van der Waals surface area contributed by atoms with Gasteiger partial charge in [0.25, 0.3) is 0 Å². The lowest BCUT2D eigenvalue weighted by molar-refractivity contribution is -0.131. The summed E-state index contributed by atoms with van der Waals surface area (Å²) in [5.41, 5.74) is 2.01. The molecular formula is C21H23N5O4S. The minimum atomic E-state index is -3.75. The molecule has 1 saturated heterocycles. The van der Waals surface area contributed by atoms with Gasteiger partial charge in [0.05, 0.1) is 25.4 Å². The van der Waals surface area contributed by atoms with E-state index in [9.17, 15) is 13.2 Å². The van der Waals surface area contributed by atoms with E-state index < -0.39 is 10.0 Å². The maximum atomic E-state index is 13.2. The molecule has 0 atom stereocenters. The molecule has 1 amide bonds. The number of nitrogens with zero attached hydrogens (tertiary/aromatic N) is 4. The van der Waals surface area contributed by atoms with Gasteiger partial charge >= 0.3 is 0 Å². The number of rotatable bonds is 6. The molecule has 0 radical (unpaired) electrons. The summed E-state index contributed by atoms with van der Waals surface area (Å²) in [5.74, 6) is 0.711. The van der Waals surface area contributed by atoms with Gasteiger partial charge in [-0.3, -0.25) is 14.9 Å². The number of nitrogens with one attached hydrogen (secondary N) is 1. The first-order valence-electron chi connectivity index (χ1n) is 9.83. The van der Waals surface area contributed by atoms with Crippen LogP contribution in [0.1, 0.15) is 5.56 Å². The fourth-order valence-corrected chi connectivity index (χ4v) is 5.07. The van der Waals surface area contributed by atoms with Crippen LogP contribution < -0.4 is 4.74 Å². The molecular weight excluding hydrogens is 418 g/mol. The van der Waals surface area contributed by atoms with Crippen molar-refractivity contribution in [1.82, 2.24) is 24.4 Å². The Hall–Kier alpha value is -3.24. The van der Waals surface area contributed by atoms with Gasteiger partial charge in [0.2, 0.25) is 15.9 Å². The number of ether oxygens (including phenoxy) is 1. The van der Waals surface area contributed by atoms with Gasteiger partial charge in [0, 0.05) is 44.1 Å². The lowest BCUT2D eigenvalue weighted by Gasteiger charge is -2.34. The maximum Gasteiger partial charge on any atom is 0.246 e. The van der Waals surface area contributed by atoms with Gasteiger partial charge in [0.15, 0.2) is 0 Å². The molecule has 9 nitrogen and oxygen atoms in total. The molecule has 4 rings (SSSR count). The largest absolute Gasteiger partial charge is 0.497 e. The molecule has 1 aliphatic heterocycles. The van der Waals surface area contributed by atoms with Crippen LogP contribution in [0.4, 0.5) is 0 Å². The van der Waals surface area contributed by atoms with E-state index in [0.29, 0.717) is 24.3 Å². The first-order chi connectivity index (χ1) is 15.0. The number of sulfonamides is 1. The quantitative estimate of drug-likeness (QED) is 0.622. The van der Waals surface area contributed by atoms with Crippen LogP contribution in [0.15, 0.2) is 59.9 Å². The second kappa shape index (κ2) is 8.86. The molecule has 2 aromatic heterocycles. The summed E-state index contributed by atoms with van der Waals surface area (Å²) in [6.45, 7) is 1.16. The summed E-state index contributed by atoms with van der Waals surface area (Å²) in [5, 5.41) is 6.71. The summed E-state index contributed by atoms with van der Waals surface area (Å²) in [6, 6.07) is 10.8. The Morgan fingerprint density at radius 3 is 2.39 bits per heavy atom. The number of benzene rings is 1. The number of carbonyl (C=O) groups is 1. The summed E-state index contributed by atoms with van der Waals surface area (Å²) in [6.07, 6.45) is 4.79. The Balaban J connectivity index is 1.41. The van der Waals surface area contributed by atoms with Crippen LogP contribution in [0.5, 0.6) is 5.75 Å². The minimum Gasteiger partial charge on any atom is -0.497 e. The van der Waals surface area contributed by atoms with Crippen LogP contribution in [0.2, 0.25) is 0 Å². The Kier molecular flexibility index (Phi) is 6.01. The number of aromatic nitrogens is 3. The third kappa shape index (κ3) is 4.44.